The molecule has 0 N–H and O–H groups in total. The van der Waals surface area contributed by atoms with Crippen LogP contribution in [0.4, 0.5) is 0 Å². The van der Waals surface area contributed by atoms with Gasteiger partial charge >= 0.3 is 0 Å². The van der Waals surface area contributed by atoms with E-state index in [1.807, 2.05) is 18.2 Å². The third-order valence-corrected chi connectivity index (χ3v) is 5.29. The normalized spacial score (nSPS) is 21.7. The fraction of sp³-hybridized carbons (Fsp3) is 0.684. The summed E-state index contributed by atoms with van der Waals surface area (Å²) in [6.45, 7) is 8.91. The number of ether oxygens (including phenoxy) is 4. The molecule has 0 amide bonds. The van der Waals surface area contributed by atoms with Crippen LogP contribution in [0.2, 0.25) is 0 Å². The van der Waals surface area contributed by atoms with Crippen LogP contribution in [0.5, 0.6) is 0 Å². The summed E-state index contributed by atoms with van der Waals surface area (Å²) in [5.74, 6) is 0. The van der Waals surface area contributed by atoms with Gasteiger partial charge < -0.3 is 18.9 Å². The molecule has 0 spiro atoms. The topological polar surface area (TPSA) is 36.9 Å². The number of rotatable bonds is 9. The number of hydrogen-bond donors (Lipinski definition) is 0. The van der Waals surface area contributed by atoms with Gasteiger partial charge in [-0.05, 0) is 12.8 Å². The highest BCUT2D eigenvalue weighted by atomic mass is 16.7. The molecule has 2 fully saturated rings. The number of benzene rings is 1. The van der Waals surface area contributed by atoms with Gasteiger partial charge in [-0.1, -0.05) is 44.2 Å². The summed E-state index contributed by atoms with van der Waals surface area (Å²) in [6, 6.07) is 10.2. The lowest BCUT2D eigenvalue weighted by Gasteiger charge is -2.43. The molecule has 128 valence electrons. The molecule has 2 aliphatic rings. The van der Waals surface area contributed by atoms with Crippen molar-refractivity contribution in [2.45, 2.75) is 33.0 Å². The summed E-state index contributed by atoms with van der Waals surface area (Å²) >= 11 is 0. The Bertz CT molecular complexity index is 442. The third-order valence-electron chi connectivity index (χ3n) is 5.29. The predicted molar refractivity (Wildman–Crippen MR) is 88.2 cm³/mol. The van der Waals surface area contributed by atoms with Crippen LogP contribution in [0.1, 0.15) is 38.5 Å². The van der Waals surface area contributed by atoms with Gasteiger partial charge in [0.15, 0.2) is 6.29 Å². The van der Waals surface area contributed by atoms with Crippen molar-refractivity contribution in [3.63, 3.8) is 0 Å². The maximum Gasteiger partial charge on any atom is 0.183 e. The molecule has 0 aromatic heterocycles. The Balaban J connectivity index is 1.62. The smallest absolute Gasteiger partial charge is 0.183 e. The minimum atomic E-state index is -0.316. The molecular formula is C19H28O4. The highest BCUT2D eigenvalue weighted by Crippen LogP contribution is 2.36. The lowest BCUT2D eigenvalue weighted by atomic mass is 9.84. The van der Waals surface area contributed by atoms with Crippen molar-refractivity contribution in [3.05, 3.63) is 35.9 Å². The van der Waals surface area contributed by atoms with E-state index in [2.05, 4.69) is 26.0 Å². The Kier molecular flexibility index (Phi) is 5.37. The van der Waals surface area contributed by atoms with Crippen LogP contribution in [-0.4, -0.2) is 39.6 Å². The summed E-state index contributed by atoms with van der Waals surface area (Å²) in [6.07, 6.45) is 1.83. The third kappa shape index (κ3) is 3.77. The van der Waals surface area contributed by atoms with Gasteiger partial charge in [0, 0.05) is 16.4 Å². The second kappa shape index (κ2) is 7.31. The van der Waals surface area contributed by atoms with Crippen LogP contribution in [0.25, 0.3) is 0 Å². The van der Waals surface area contributed by atoms with Gasteiger partial charge in [-0.2, -0.15) is 0 Å². The Hall–Kier alpha value is -0.940. The lowest BCUT2D eigenvalue weighted by molar-refractivity contribution is -0.238. The molecule has 3 rings (SSSR count). The summed E-state index contributed by atoms with van der Waals surface area (Å²) in [4.78, 5) is 0. The molecule has 2 aliphatic heterocycles. The summed E-state index contributed by atoms with van der Waals surface area (Å²) in [5.41, 5.74) is 1.40. The summed E-state index contributed by atoms with van der Waals surface area (Å²) in [7, 11) is 0. The fourth-order valence-electron chi connectivity index (χ4n) is 2.92. The quantitative estimate of drug-likeness (QED) is 0.652. The zero-order valence-electron chi connectivity index (χ0n) is 14.3. The minimum absolute atomic E-state index is 0.165. The monoisotopic (exact) mass is 320 g/mol. The van der Waals surface area contributed by atoms with Crippen LogP contribution >= 0.6 is 0 Å². The first-order chi connectivity index (χ1) is 11.2. The van der Waals surface area contributed by atoms with Crippen molar-refractivity contribution in [1.29, 1.82) is 0 Å². The molecule has 0 atom stereocenters. The van der Waals surface area contributed by atoms with Crippen LogP contribution in [0.15, 0.2) is 30.3 Å². The van der Waals surface area contributed by atoms with Gasteiger partial charge in [0.2, 0.25) is 0 Å². The average molecular weight is 320 g/mol. The summed E-state index contributed by atoms with van der Waals surface area (Å²) in [5, 5.41) is 0. The van der Waals surface area contributed by atoms with E-state index >= 15 is 0 Å². The molecule has 0 saturated carbocycles. The molecule has 1 aromatic rings. The SMILES string of the molecule is CCC1(COC(OCC2(CC)COC2)c2ccccc2)COC1. The molecule has 0 radical (unpaired) electrons. The molecule has 0 aliphatic carbocycles. The Labute approximate surface area is 139 Å². The molecule has 1 aromatic carbocycles. The average Bonchev–Trinajstić information content (AvgIpc) is 2.52. The standard InChI is InChI=1S/C19H28O4/c1-3-18(10-20-11-18)14-22-17(16-8-6-5-7-9-16)23-15-19(4-2)12-21-13-19/h5-9,17H,3-4,10-15H2,1-2H3. The Morgan fingerprint density at radius 2 is 1.35 bits per heavy atom. The number of hydrogen-bond acceptors (Lipinski definition) is 4. The van der Waals surface area contributed by atoms with E-state index < -0.39 is 0 Å². The van der Waals surface area contributed by atoms with E-state index in [0.29, 0.717) is 13.2 Å². The van der Waals surface area contributed by atoms with Gasteiger partial charge in [0.25, 0.3) is 0 Å². The van der Waals surface area contributed by atoms with Crippen LogP contribution in [0, 0.1) is 10.8 Å². The second-order valence-electron chi connectivity index (χ2n) is 7.06. The molecule has 4 nitrogen and oxygen atoms in total. The van der Waals surface area contributed by atoms with Crippen LogP contribution in [-0.2, 0) is 18.9 Å². The maximum atomic E-state index is 6.19. The highest BCUT2D eigenvalue weighted by Gasteiger charge is 2.40. The van der Waals surface area contributed by atoms with Crippen molar-refractivity contribution in [2.24, 2.45) is 10.8 Å². The first kappa shape index (κ1) is 16.9. The summed E-state index contributed by atoms with van der Waals surface area (Å²) < 4.78 is 23.2. The lowest BCUT2D eigenvalue weighted by Crippen LogP contribution is -2.47. The molecule has 4 heteroatoms. The predicted octanol–water partition coefficient (Wildman–Crippen LogP) is 3.57. The van der Waals surface area contributed by atoms with Gasteiger partial charge in [0.1, 0.15) is 0 Å². The molecule has 2 heterocycles. The van der Waals surface area contributed by atoms with Crippen molar-refractivity contribution in [3.8, 4) is 0 Å². The minimum Gasteiger partial charge on any atom is -0.380 e. The van der Waals surface area contributed by atoms with Crippen LogP contribution in [0.3, 0.4) is 0 Å². The zero-order chi connectivity index (χ0) is 16.2. The maximum absolute atomic E-state index is 6.19. The van der Waals surface area contributed by atoms with Crippen molar-refractivity contribution in [2.75, 3.05) is 39.6 Å². The molecule has 23 heavy (non-hydrogen) atoms. The Morgan fingerprint density at radius 1 is 0.870 bits per heavy atom. The zero-order valence-corrected chi connectivity index (χ0v) is 14.3. The van der Waals surface area contributed by atoms with Gasteiger partial charge in [-0.25, -0.2) is 0 Å². The van der Waals surface area contributed by atoms with Gasteiger partial charge in [-0.3, -0.25) is 0 Å². The molecular weight excluding hydrogens is 292 g/mol. The van der Waals surface area contributed by atoms with E-state index in [1.54, 1.807) is 0 Å². The van der Waals surface area contributed by atoms with E-state index in [1.165, 1.54) is 0 Å². The Morgan fingerprint density at radius 3 is 1.70 bits per heavy atom. The van der Waals surface area contributed by atoms with Gasteiger partial charge in [0.05, 0.1) is 39.6 Å². The largest absolute Gasteiger partial charge is 0.380 e. The van der Waals surface area contributed by atoms with Gasteiger partial charge in [-0.15, -0.1) is 0 Å². The van der Waals surface area contributed by atoms with Crippen molar-refractivity contribution in [1.82, 2.24) is 0 Å². The van der Waals surface area contributed by atoms with Crippen molar-refractivity contribution < 1.29 is 18.9 Å². The first-order valence-corrected chi connectivity index (χ1v) is 8.65. The molecule has 0 unspecified atom stereocenters. The second-order valence-corrected chi connectivity index (χ2v) is 7.06. The van der Waals surface area contributed by atoms with Crippen LogP contribution < -0.4 is 0 Å². The van der Waals surface area contributed by atoms with E-state index in [4.69, 9.17) is 18.9 Å². The molecule has 2 saturated heterocycles. The van der Waals surface area contributed by atoms with Crippen molar-refractivity contribution >= 4 is 0 Å². The molecule has 0 bridgehead atoms. The highest BCUT2D eigenvalue weighted by molar-refractivity contribution is 5.16. The van der Waals surface area contributed by atoms with E-state index in [-0.39, 0.29) is 17.1 Å². The first-order valence-electron chi connectivity index (χ1n) is 8.65. The van der Waals surface area contributed by atoms with E-state index in [9.17, 15) is 0 Å². The van der Waals surface area contributed by atoms with E-state index in [0.717, 1.165) is 44.8 Å². The fourth-order valence-corrected chi connectivity index (χ4v) is 2.92.